The van der Waals surface area contributed by atoms with E-state index in [4.69, 9.17) is 28.3 Å². The van der Waals surface area contributed by atoms with Crippen LogP contribution < -0.4 is 4.90 Å². The number of hydrogen-bond acceptors (Lipinski definition) is 5. The minimum atomic E-state index is -0.564. The van der Waals surface area contributed by atoms with Gasteiger partial charge in [0.05, 0.1) is 15.6 Å². The molecule has 0 bridgehead atoms. The summed E-state index contributed by atoms with van der Waals surface area (Å²) in [6, 6.07) is 5.16. The van der Waals surface area contributed by atoms with Crippen LogP contribution in [0.4, 0.5) is 11.6 Å². The molecule has 2 aromatic rings. The van der Waals surface area contributed by atoms with Crippen LogP contribution in [-0.2, 0) is 0 Å². The Morgan fingerprint density at radius 2 is 1.90 bits per heavy atom. The third-order valence-electron chi connectivity index (χ3n) is 2.69. The molecule has 0 aliphatic rings. The number of ketones is 1. The van der Waals surface area contributed by atoms with E-state index >= 15 is 0 Å². The number of aromatic nitrogens is 2. The molecule has 1 aromatic carbocycles. The zero-order chi connectivity index (χ0) is 14.7. The number of carbonyl (C=O) groups is 1. The smallest absolute Gasteiger partial charge is 0.229 e. The molecular formula is C13H11Cl2N3O2. The first-order valence-electron chi connectivity index (χ1n) is 5.68. The number of halogens is 2. The summed E-state index contributed by atoms with van der Waals surface area (Å²) >= 11 is 11.8. The molecule has 1 aromatic heterocycles. The van der Waals surface area contributed by atoms with E-state index in [1.165, 1.54) is 12.4 Å². The van der Waals surface area contributed by atoms with Crippen molar-refractivity contribution in [3.05, 3.63) is 46.2 Å². The summed E-state index contributed by atoms with van der Waals surface area (Å²) in [7, 11) is 1.77. The average Bonchev–Trinajstić information content (AvgIpc) is 2.48. The molecule has 1 N–H and O–H groups in total. The van der Waals surface area contributed by atoms with Crippen LogP contribution in [0.25, 0.3) is 0 Å². The fourth-order valence-corrected chi connectivity index (χ4v) is 1.83. The van der Waals surface area contributed by atoms with Crippen molar-refractivity contribution >= 4 is 40.6 Å². The lowest BCUT2D eigenvalue weighted by Crippen LogP contribution is -2.14. The SMILES string of the molecule is CN(c1ccc(Cl)c(Cl)c1)c1ncc(C(=O)CO)cn1. The van der Waals surface area contributed by atoms with E-state index in [2.05, 4.69) is 9.97 Å². The number of carbonyl (C=O) groups excluding carboxylic acids is 1. The Morgan fingerprint density at radius 3 is 2.45 bits per heavy atom. The van der Waals surface area contributed by atoms with Crippen molar-refractivity contribution in [3.8, 4) is 0 Å². The number of aliphatic hydroxyl groups excluding tert-OH is 1. The second-order valence-electron chi connectivity index (χ2n) is 4.01. The quantitative estimate of drug-likeness (QED) is 0.879. The van der Waals surface area contributed by atoms with Gasteiger partial charge in [-0.05, 0) is 18.2 Å². The van der Waals surface area contributed by atoms with E-state index in [0.717, 1.165) is 5.69 Å². The molecule has 0 saturated heterocycles. The molecule has 20 heavy (non-hydrogen) atoms. The number of benzene rings is 1. The highest BCUT2D eigenvalue weighted by molar-refractivity contribution is 6.42. The summed E-state index contributed by atoms with van der Waals surface area (Å²) < 4.78 is 0. The lowest BCUT2D eigenvalue weighted by atomic mass is 10.2. The Labute approximate surface area is 125 Å². The highest BCUT2D eigenvalue weighted by atomic mass is 35.5. The lowest BCUT2D eigenvalue weighted by Gasteiger charge is -2.17. The topological polar surface area (TPSA) is 66.3 Å². The molecule has 0 fully saturated rings. The first kappa shape index (κ1) is 14.7. The Bertz CT molecular complexity index is 632. The third kappa shape index (κ3) is 3.07. The number of hydrogen-bond donors (Lipinski definition) is 1. The number of anilines is 2. The van der Waals surface area contributed by atoms with Gasteiger partial charge in [0.25, 0.3) is 0 Å². The minimum Gasteiger partial charge on any atom is -0.388 e. The first-order chi connectivity index (χ1) is 9.52. The fourth-order valence-electron chi connectivity index (χ4n) is 1.54. The molecule has 0 unspecified atom stereocenters. The molecular weight excluding hydrogens is 301 g/mol. The van der Waals surface area contributed by atoms with Gasteiger partial charge in [0.15, 0.2) is 5.78 Å². The summed E-state index contributed by atoms with van der Waals surface area (Å²) in [5, 5.41) is 9.66. The van der Waals surface area contributed by atoms with Crippen LogP contribution in [0, 0.1) is 0 Å². The maximum atomic E-state index is 11.3. The summed E-state index contributed by atoms with van der Waals surface area (Å²) in [5.41, 5.74) is 1.03. The second kappa shape index (κ2) is 6.17. The molecule has 2 rings (SSSR count). The van der Waals surface area contributed by atoms with E-state index in [1.54, 1.807) is 30.1 Å². The zero-order valence-electron chi connectivity index (χ0n) is 10.5. The van der Waals surface area contributed by atoms with E-state index < -0.39 is 12.4 Å². The Kier molecular flexibility index (Phi) is 4.54. The molecule has 104 valence electrons. The van der Waals surface area contributed by atoms with E-state index in [-0.39, 0.29) is 5.56 Å². The molecule has 0 amide bonds. The summed E-state index contributed by atoms with van der Waals surface area (Å²) in [4.78, 5) is 21.1. The summed E-state index contributed by atoms with van der Waals surface area (Å²) in [5.74, 6) is -0.0216. The van der Waals surface area contributed by atoms with Crippen LogP contribution in [0.3, 0.4) is 0 Å². The summed E-state index contributed by atoms with van der Waals surface area (Å²) in [6.45, 7) is -0.564. The van der Waals surface area contributed by atoms with Gasteiger partial charge in [-0.1, -0.05) is 23.2 Å². The normalized spacial score (nSPS) is 10.4. The monoisotopic (exact) mass is 311 g/mol. The van der Waals surface area contributed by atoms with Gasteiger partial charge in [-0.25, -0.2) is 9.97 Å². The van der Waals surface area contributed by atoms with Crippen LogP contribution in [-0.4, -0.2) is 34.5 Å². The average molecular weight is 312 g/mol. The van der Waals surface area contributed by atoms with E-state index in [9.17, 15) is 4.79 Å². The largest absolute Gasteiger partial charge is 0.388 e. The van der Waals surface area contributed by atoms with Crippen LogP contribution in [0.5, 0.6) is 0 Å². The number of nitrogens with zero attached hydrogens (tertiary/aromatic N) is 3. The Hall–Kier alpha value is -1.69. The van der Waals surface area contributed by atoms with Gasteiger partial charge in [0, 0.05) is 25.1 Å². The number of rotatable bonds is 4. The minimum absolute atomic E-state index is 0.263. The van der Waals surface area contributed by atoms with Crippen molar-refractivity contribution in [2.75, 3.05) is 18.6 Å². The van der Waals surface area contributed by atoms with Gasteiger partial charge in [-0.15, -0.1) is 0 Å². The number of Topliss-reactive ketones (excluding diaryl/α,β-unsaturated/α-hetero) is 1. The zero-order valence-corrected chi connectivity index (χ0v) is 12.1. The molecule has 0 spiro atoms. The molecule has 0 atom stereocenters. The summed E-state index contributed by atoms with van der Waals surface area (Å²) in [6.07, 6.45) is 2.74. The van der Waals surface area contributed by atoms with Crippen molar-refractivity contribution < 1.29 is 9.90 Å². The predicted octanol–water partition coefficient (Wildman–Crippen LogP) is 2.73. The Morgan fingerprint density at radius 1 is 1.25 bits per heavy atom. The maximum absolute atomic E-state index is 11.3. The van der Waals surface area contributed by atoms with Crippen molar-refractivity contribution in [1.29, 1.82) is 0 Å². The van der Waals surface area contributed by atoms with E-state index in [0.29, 0.717) is 16.0 Å². The Balaban J connectivity index is 2.26. The highest BCUT2D eigenvalue weighted by Crippen LogP contribution is 2.28. The molecule has 0 saturated carbocycles. The van der Waals surface area contributed by atoms with Crippen molar-refractivity contribution in [3.63, 3.8) is 0 Å². The second-order valence-corrected chi connectivity index (χ2v) is 4.82. The molecule has 1 heterocycles. The standard InChI is InChI=1S/C13H11Cl2N3O2/c1-18(9-2-3-10(14)11(15)4-9)13-16-5-8(6-17-13)12(20)7-19/h2-6,19H,7H2,1H3. The van der Waals surface area contributed by atoms with Gasteiger partial charge < -0.3 is 10.0 Å². The third-order valence-corrected chi connectivity index (χ3v) is 3.43. The fraction of sp³-hybridized carbons (Fsp3) is 0.154. The lowest BCUT2D eigenvalue weighted by molar-refractivity contribution is 0.0903. The van der Waals surface area contributed by atoms with Gasteiger partial charge in [0.2, 0.25) is 5.95 Å². The van der Waals surface area contributed by atoms with Crippen LogP contribution >= 0.6 is 23.2 Å². The first-order valence-corrected chi connectivity index (χ1v) is 6.43. The van der Waals surface area contributed by atoms with Gasteiger partial charge >= 0.3 is 0 Å². The predicted molar refractivity (Wildman–Crippen MR) is 78.0 cm³/mol. The molecule has 0 aliphatic heterocycles. The molecule has 0 radical (unpaired) electrons. The van der Waals surface area contributed by atoms with Gasteiger partial charge in [-0.3, -0.25) is 4.79 Å². The molecule has 0 aliphatic carbocycles. The highest BCUT2D eigenvalue weighted by Gasteiger charge is 2.11. The van der Waals surface area contributed by atoms with Crippen LogP contribution in [0.15, 0.2) is 30.6 Å². The van der Waals surface area contributed by atoms with Crippen LogP contribution in [0.1, 0.15) is 10.4 Å². The van der Waals surface area contributed by atoms with Crippen molar-refractivity contribution in [1.82, 2.24) is 9.97 Å². The van der Waals surface area contributed by atoms with Crippen LogP contribution in [0.2, 0.25) is 10.0 Å². The van der Waals surface area contributed by atoms with Crippen molar-refractivity contribution in [2.24, 2.45) is 0 Å². The van der Waals surface area contributed by atoms with E-state index in [1.807, 2.05) is 0 Å². The molecule has 5 nitrogen and oxygen atoms in total. The van der Waals surface area contributed by atoms with Crippen molar-refractivity contribution in [2.45, 2.75) is 0 Å². The maximum Gasteiger partial charge on any atom is 0.229 e. The van der Waals surface area contributed by atoms with Gasteiger partial charge in [0.1, 0.15) is 6.61 Å². The van der Waals surface area contributed by atoms with Gasteiger partial charge in [-0.2, -0.15) is 0 Å². The molecule has 7 heteroatoms. The number of aliphatic hydroxyl groups is 1.